The number of amides is 1. The number of nitrogens with zero attached hydrogens (tertiary/aromatic N) is 5. The fourth-order valence-electron chi connectivity index (χ4n) is 3.68. The molecule has 3 rings (SSSR count). The largest absolute Gasteiger partial charge is 0.339 e. The lowest BCUT2D eigenvalue weighted by Crippen LogP contribution is -2.55. The average Bonchev–Trinajstić information content (AvgIpc) is 2.59. The topological polar surface area (TPSA) is 52.6 Å². The van der Waals surface area contributed by atoms with Gasteiger partial charge in [-0.2, -0.15) is 0 Å². The van der Waals surface area contributed by atoms with Gasteiger partial charge in [0.15, 0.2) is 0 Å². The molecule has 138 valence electrons. The summed E-state index contributed by atoms with van der Waals surface area (Å²) in [5.41, 5.74) is 2.20. The molecule has 6 heteroatoms. The Hall–Kier alpha value is -1.53. The van der Waals surface area contributed by atoms with Crippen LogP contribution in [0.2, 0.25) is 0 Å². The molecule has 1 saturated carbocycles. The van der Waals surface area contributed by atoms with Gasteiger partial charge in [0.2, 0.25) is 5.91 Å². The van der Waals surface area contributed by atoms with Crippen LogP contribution in [0, 0.1) is 6.92 Å². The predicted octanol–water partition coefficient (Wildman–Crippen LogP) is 1.35. The van der Waals surface area contributed by atoms with E-state index in [-0.39, 0.29) is 5.91 Å². The minimum absolute atomic E-state index is 0.273. The lowest BCUT2D eigenvalue weighted by Gasteiger charge is -2.43. The highest BCUT2D eigenvalue weighted by Crippen LogP contribution is 2.25. The third-order valence-electron chi connectivity index (χ3n) is 5.73. The zero-order chi connectivity index (χ0) is 17.6. The second-order valence-corrected chi connectivity index (χ2v) is 7.27. The van der Waals surface area contributed by atoms with E-state index in [1.165, 1.54) is 19.3 Å². The van der Waals surface area contributed by atoms with Crippen molar-refractivity contribution in [1.82, 2.24) is 24.7 Å². The van der Waals surface area contributed by atoms with Gasteiger partial charge in [-0.3, -0.25) is 14.6 Å². The summed E-state index contributed by atoms with van der Waals surface area (Å²) in [7, 11) is 0. The van der Waals surface area contributed by atoms with Crippen LogP contribution in [-0.4, -0.2) is 82.4 Å². The number of hydrogen-bond donors (Lipinski definition) is 0. The first-order valence-corrected chi connectivity index (χ1v) is 9.67. The number of carbonyl (C=O) groups is 1. The summed E-state index contributed by atoms with van der Waals surface area (Å²) >= 11 is 0. The first-order chi connectivity index (χ1) is 12.2. The van der Waals surface area contributed by atoms with Crippen molar-refractivity contribution in [2.45, 2.75) is 45.6 Å². The molecule has 2 aliphatic rings. The van der Waals surface area contributed by atoms with Gasteiger partial charge in [-0.05, 0) is 31.9 Å². The molecule has 1 aliphatic heterocycles. The summed E-state index contributed by atoms with van der Waals surface area (Å²) in [5.74, 6) is 0.273. The van der Waals surface area contributed by atoms with Crippen LogP contribution in [0.15, 0.2) is 12.5 Å². The Morgan fingerprint density at radius 3 is 2.64 bits per heavy atom. The Morgan fingerprint density at radius 1 is 1.28 bits per heavy atom. The van der Waals surface area contributed by atoms with Gasteiger partial charge >= 0.3 is 0 Å². The van der Waals surface area contributed by atoms with Crippen LogP contribution in [0.4, 0.5) is 0 Å². The van der Waals surface area contributed by atoms with Crippen LogP contribution in [-0.2, 0) is 11.2 Å². The Morgan fingerprint density at radius 2 is 2.04 bits per heavy atom. The van der Waals surface area contributed by atoms with Crippen molar-refractivity contribution < 1.29 is 4.79 Å². The maximum Gasteiger partial charge on any atom is 0.236 e. The smallest absolute Gasteiger partial charge is 0.236 e. The minimum atomic E-state index is 0.273. The molecule has 0 bridgehead atoms. The van der Waals surface area contributed by atoms with Crippen LogP contribution in [0.1, 0.15) is 37.4 Å². The molecule has 2 heterocycles. The summed E-state index contributed by atoms with van der Waals surface area (Å²) < 4.78 is 0. The van der Waals surface area contributed by atoms with Gasteiger partial charge < -0.3 is 4.90 Å². The molecular weight excluding hydrogens is 314 g/mol. The first kappa shape index (κ1) is 18.3. The molecule has 0 N–H and O–H groups in total. The zero-order valence-corrected chi connectivity index (χ0v) is 15.7. The second kappa shape index (κ2) is 8.72. The molecule has 1 aromatic rings. The van der Waals surface area contributed by atoms with Crippen LogP contribution >= 0.6 is 0 Å². The van der Waals surface area contributed by atoms with Gasteiger partial charge in [-0.1, -0.05) is 13.3 Å². The Kier molecular flexibility index (Phi) is 6.37. The maximum absolute atomic E-state index is 12.6. The lowest BCUT2D eigenvalue weighted by atomic mass is 9.91. The zero-order valence-electron chi connectivity index (χ0n) is 15.7. The number of piperazine rings is 1. The van der Waals surface area contributed by atoms with Crippen molar-refractivity contribution in [2.75, 3.05) is 45.8 Å². The second-order valence-electron chi connectivity index (χ2n) is 7.27. The number of hydrogen-bond acceptors (Lipinski definition) is 5. The van der Waals surface area contributed by atoms with Crippen LogP contribution in [0.25, 0.3) is 0 Å². The molecule has 0 radical (unpaired) electrons. The molecule has 1 aromatic heterocycles. The normalized spacial score (nSPS) is 19.2. The molecule has 1 aliphatic carbocycles. The SMILES string of the molecule is CCN(CCc1ncncc1C)CC(=O)N1CCN(C2CCC2)CC1. The lowest BCUT2D eigenvalue weighted by molar-refractivity contribution is -0.134. The van der Waals surface area contributed by atoms with E-state index < -0.39 is 0 Å². The number of aromatic nitrogens is 2. The summed E-state index contributed by atoms with van der Waals surface area (Å²) in [6, 6.07) is 0.792. The van der Waals surface area contributed by atoms with Gasteiger partial charge in [-0.25, -0.2) is 9.97 Å². The third-order valence-corrected chi connectivity index (χ3v) is 5.73. The standard InChI is InChI=1S/C19H31N5O/c1-3-22(8-7-18-16(2)13-20-15-21-18)14-19(25)24-11-9-23(10-12-24)17-5-4-6-17/h13,15,17H,3-12,14H2,1-2H3. The predicted molar refractivity (Wildman–Crippen MR) is 98.4 cm³/mol. The monoisotopic (exact) mass is 345 g/mol. The number of aryl methyl sites for hydroxylation is 1. The molecule has 2 fully saturated rings. The van der Waals surface area contributed by atoms with E-state index >= 15 is 0 Å². The highest BCUT2D eigenvalue weighted by molar-refractivity contribution is 5.78. The van der Waals surface area contributed by atoms with Crippen molar-refractivity contribution in [3.8, 4) is 0 Å². The molecule has 1 saturated heterocycles. The molecule has 0 atom stereocenters. The number of rotatable bonds is 7. The van der Waals surface area contributed by atoms with E-state index in [0.29, 0.717) is 6.54 Å². The Bertz CT molecular complexity index is 567. The van der Waals surface area contributed by atoms with Crippen molar-refractivity contribution in [3.05, 3.63) is 23.8 Å². The summed E-state index contributed by atoms with van der Waals surface area (Å²) in [6.07, 6.45) is 8.39. The first-order valence-electron chi connectivity index (χ1n) is 9.67. The molecule has 0 unspecified atom stereocenters. The molecular formula is C19H31N5O. The van der Waals surface area contributed by atoms with Gasteiger partial charge in [0.1, 0.15) is 6.33 Å². The highest BCUT2D eigenvalue weighted by atomic mass is 16.2. The van der Waals surface area contributed by atoms with Gasteiger partial charge in [0, 0.05) is 57.1 Å². The molecule has 25 heavy (non-hydrogen) atoms. The summed E-state index contributed by atoms with van der Waals surface area (Å²) in [6.45, 7) is 10.3. The van der Waals surface area contributed by atoms with Crippen molar-refractivity contribution in [1.29, 1.82) is 0 Å². The number of likely N-dealkylation sites (N-methyl/N-ethyl adjacent to an activating group) is 1. The van der Waals surface area contributed by atoms with E-state index in [9.17, 15) is 4.79 Å². The Balaban J connectivity index is 1.43. The Labute approximate surface area is 151 Å². The molecule has 1 amide bonds. The molecule has 0 aromatic carbocycles. The average molecular weight is 345 g/mol. The number of carbonyl (C=O) groups excluding carboxylic acids is 1. The minimum Gasteiger partial charge on any atom is -0.339 e. The van der Waals surface area contributed by atoms with Crippen LogP contribution in [0.5, 0.6) is 0 Å². The highest BCUT2D eigenvalue weighted by Gasteiger charge is 2.29. The van der Waals surface area contributed by atoms with Crippen molar-refractivity contribution in [2.24, 2.45) is 0 Å². The quantitative estimate of drug-likeness (QED) is 0.747. The molecule has 0 spiro atoms. The molecule has 6 nitrogen and oxygen atoms in total. The van der Waals surface area contributed by atoms with E-state index in [1.807, 2.05) is 18.0 Å². The van der Waals surface area contributed by atoms with E-state index in [4.69, 9.17) is 0 Å². The van der Waals surface area contributed by atoms with E-state index in [2.05, 4.69) is 26.7 Å². The van der Waals surface area contributed by atoms with Gasteiger partial charge in [0.05, 0.1) is 6.54 Å². The van der Waals surface area contributed by atoms with E-state index in [0.717, 1.165) is 63.0 Å². The fourth-order valence-corrected chi connectivity index (χ4v) is 3.68. The fraction of sp³-hybridized carbons (Fsp3) is 0.737. The van der Waals surface area contributed by atoms with E-state index in [1.54, 1.807) is 6.33 Å². The van der Waals surface area contributed by atoms with Gasteiger partial charge in [-0.15, -0.1) is 0 Å². The third kappa shape index (κ3) is 4.76. The van der Waals surface area contributed by atoms with Gasteiger partial charge in [0.25, 0.3) is 0 Å². The van der Waals surface area contributed by atoms with Crippen LogP contribution in [0.3, 0.4) is 0 Å². The summed E-state index contributed by atoms with van der Waals surface area (Å²) in [5, 5.41) is 0. The maximum atomic E-state index is 12.6. The van der Waals surface area contributed by atoms with Crippen molar-refractivity contribution in [3.63, 3.8) is 0 Å². The van der Waals surface area contributed by atoms with Crippen molar-refractivity contribution >= 4 is 5.91 Å². The summed E-state index contributed by atoms with van der Waals surface area (Å²) in [4.78, 5) is 27.9. The van der Waals surface area contributed by atoms with Crippen LogP contribution < -0.4 is 0 Å².